The zero-order valence-corrected chi connectivity index (χ0v) is 12.5. The molecule has 0 radical (unpaired) electrons. The van der Waals surface area contributed by atoms with E-state index in [0.29, 0.717) is 11.3 Å². The van der Waals surface area contributed by atoms with Crippen molar-refractivity contribution in [3.05, 3.63) is 29.6 Å². The molecule has 3 nitrogen and oxygen atoms in total. The molecular formula is C16H25FN2O. The van der Waals surface area contributed by atoms with Gasteiger partial charge in [-0.2, -0.15) is 0 Å². The van der Waals surface area contributed by atoms with Crippen LogP contribution in [0.3, 0.4) is 0 Å². The van der Waals surface area contributed by atoms with E-state index in [0.717, 1.165) is 19.5 Å². The van der Waals surface area contributed by atoms with E-state index in [2.05, 4.69) is 10.2 Å². The predicted octanol–water partition coefficient (Wildman–Crippen LogP) is 2.97. The monoisotopic (exact) mass is 280 g/mol. The Morgan fingerprint density at radius 2 is 2.10 bits per heavy atom. The number of hydrogen-bond donors (Lipinski definition) is 1. The summed E-state index contributed by atoms with van der Waals surface area (Å²) in [7, 11) is 1.55. The van der Waals surface area contributed by atoms with Crippen LogP contribution < -0.4 is 10.1 Å². The van der Waals surface area contributed by atoms with Crippen LogP contribution in [-0.4, -0.2) is 38.2 Å². The third-order valence-corrected chi connectivity index (χ3v) is 3.97. The van der Waals surface area contributed by atoms with Crippen LogP contribution >= 0.6 is 0 Å². The van der Waals surface area contributed by atoms with Crippen molar-refractivity contribution in [2.24, 2.45) is 0 Å². The highest BCUT2D eigenvalue weighted by atomic mass is 19.1. The maximum atomic E-state index is 13.9. The molecule has 1 aromatic carbocycles. The molecule has 1 saturated heterocycles. The van der Waals surface area contributed by atoms with Gasteiger partial charge >= 0.3 is 0 Å². The first-order chi connectivity index (χ1) is 9.70. The van der Waals surface area contributed by atoms with Crippen LogP contribution in [0.1, 0.15) is 37.8 Å². The molecule has 0 spiro atoms. The first-order valence-corrected chi connectivity index (χ1v) is 7.50. The highest BCUT2D eigenvalue weighted by molar-refractivity contribution is 5.30. The van der Waals surface area contributed by atoms with E-state index < -0.39 is 0 Å². The lowest BCUT2D eigenvalue weighted by Crippen LogP contribution is -2.26. The Labute approximate surface area is 121 Å². The topological polar surface area (TPSA) is 24.5 Å². The molecule has 1 aliphatic rings. The van der Waals surface area contributed by atoms with Gasteiger partial charge in [0, 0.05) is 17.7 Å². The number of rotatable bonds is 7. The van der Waals surface area contributed by atoms with Crippen molar-refractivity contribution in [1.29, 1.82) is 0 Å². The number of halogens is 1. The van der Waals surface area contributed by atoms with E-state index in [1.54, 1.807) is 19.2 Å². The lowest BCUT2D eigenvalue weighted by Gasteiger charge is -2.18. The molecule has 1 fully saturated rings. The second-order valence-corrected chi connectivity index (χ2v) is 5.47. The molecule has 0 aliphatic carbocycles. The molecule has 0 bridgehead atoms. The van der Waals surface area contributed by atoms with Crippen LogP contribution in [0.4, 0.5) is 4.39 Å². The summed E-state index contributed by atoms with van der Waals surface area (Å²) in [4.78, 5) is 2.50. The fourth-order valence-electron chi connectivity index (χ4n) is 2.72. The molecule has 0 aromatic heterocycles. The second-order valence-electron chi connectivity index (χ2n) is 5.47. The average Bonchev–Trinajstić information content (AvgIpc) is 2.96. The van der Waals surface area contributed by atoms with Gasteiger partial charge in [0.05, 0.1) is 7.11 Å². The summed E-state index contributed by atoms with van der Waals surface area (Å²) in [6, 6.07) is 5.07. The van der Waals surface area contributed by atoms with E-state index in [1.807, 2.05) is 6.92 Å². The van der Waals surface area contributed by atoms with Gasteiger partial charge in [0.25, 0.3) is 0 Å². The van der Waals surface area contributed by atoms with Crippen LogP contribution in [0.15, 0.2) is 18.2 Å². The van der Waals surface area contributed by atoms with E-state index in [4.69, 9.17) is 4.74 Å². The molecule has 1 atom stereocenters. The fraction of sp³-hybridized carbons (Fsp3) is 0.625. The van der Waals surface area contributed by atoms with E-state index in [9.17, 15) is 4.39 Å². The maximum Gasteiger partial charge on any atom is 0.131 e. The van der Waals surface area contributed by atoms with Crippen molar-refractivity contribution < 1.29 is 9.13 Å². The second kappa shape index (κ2) is 7.60. The van der Waals surface area contributed by atoms with Gasteiger partial charge in [-0.1, -0.05) is 6.07 Å². The summed E-state index contributed by atoms with van der Waals surface area (Å²) in [5.74, 6) is 0.358. The summed E-state index contributed by atoms with van der Waals surface area (Å²) >= 11 is 0. The Balaban J connectivity index is 1.74. The number of nitrogens with one attached hydrogen (secondary N) is 1. The van der Waals surface area contributed by atoms with Crippen LogP contribution in [0.2, 0.25) is 0 Å². The summed E-state index contributed by atoms with van der Waals surface area (Å²) < 4.78 is 18.9. The van der Waals surface area contributed by atoms with E-state index >= 15 is 0 Å². The summed E-state index contributed by atoms with van der Waals surface area (Å²) in [6.07, 6.45) is 3.78. The number of hydrogen-bond acceptors (Lipinski definition) is 3. The highest BCUT2D eigenvalue weighted by Gasteiger charge is 2.13. The minimum Gasteiger partial charge on any atom is -0.497 e. The molecular weight excluding hydrogens is 255 g/mol. The average molecular weight is 280 g/mol. The van der Waals surface area contributed by atoms with E-state index in [1.165, 1.54) is 32.0 Å². The van der Waals surface area contributed by atoms with Gasteiger partial charge in [0.15, 0.2) is 0 Å². The van der Waals surface area contributed by atoms with Crippen molar-refractivity contribution in [3.8, 4) is 5.75 Å². The van der Waals surface area contributed by atoms with Gasteiger partial charge in [0.1, 0.15) is 11.6 Å². The smallest absolute Gasteiger partial charge is 0.131 e. The number of benzene rings is 1. The maximum absolute atomic E-state index is 13.9. The molecule has 4 heteroatoms. The Kier molecular flexibility index (Phi) is 5.80. The lowest BCUT2D eigenvalue weighted by molar-refractivity contribution is 0.328. The zero-order chi connectivity index (χ0) is 14.4. The molecule has 1 heterocycles. The molecule has 2 rings (SSSR count). The largest absolute Gasteiger partial charge is 0.497 e. The Bertz CT molecular complexity index is 419. The normalized spacial score (nSPS) is 17.4. The molecule has 1 aromatic rings. The Morgan fingerprint density at radius 3 is 2.75 bits per heavy atom. The first-order valence-electron chi connectivity index (χ1n) is 7.50. The number of likely N-dealkylation sites (tertiary alicyclic amines) is 1. The van der Waals surface area contributed by atoms with Gasteiger partial charge in [-0.05, 0) is 58.4 Å². The third-order valence-electron chi connectivity index (χ3n) is 3.97. The molecule has 112 valence electrons. The standard InChI is InChI=1S/C16H25FN2O/c1-13(15-7-6-14(20-2)12-16(15)17)18-8-5-11-19-9-3-4-10-19/h6-7,12-13,18H,3-5,8-11H2,1-2H3. The van der Waals surface area contributed by atoms with Crippen molar-refractivity contribution in [2.75, 3.05) is 33.3 Å². The zero-order valence-electron chi connectivity index (χ0n) is 12.5. The molecule has 0 saturated carbocycles. The van der Waals surface area contributed by atoms with Gasteiger partial charge < -0.3 is 15.0 Å². The summed E-state index contributed by atoms with van der Waals surface area (Å²) in [5.41, 5.74) is 0.701. The Hall–Kier alpha value is -1.13. The number of methoxy groups -OCH3 is 1. The fourth-order valence-corrected chi connectivity index (χ4v) is 2.72. The van der Waals surface area contributed by atoms with Crippen molar-refractivity contribution >= 4 is 0 Å². The molecule has 1 aliphatic heterocycles. The number of nitrogens with zero attached hydrogens (tertiary/aromatic N) is 1. The van der Waals surface area contributed by atoms with Crippen LogP contribution in [-0.2, 0) is 0 Å². The molecule has 1 N–H and O–H groups in total. The number of ether oxygens (including phenoxy) is 1. The van der Waals surface area contributed by atoms with Gasteiger partial charge in [-0.3, -0.25) is 0 Å². The molecule has 0 amide bonds. The lowest BCUT2D eigenvalue weighted by atomic mass is 10.1. The highest BCUT2D eigenvalue weighted by Crippen LogP contribution is 2.21. The summed E-state index contributed by atoms with van der Waals surface area (Å²) in [5, 5.41) is 3.39. The van der Waals surface area contributed by atoms with Crippen molar-refractivity contribution in [2.45, 2.75) is 32.2 Å². The molecule has 20 heavy (non-hydrogen) atoms. The third kappa shape index (κ3) is 4.18. The van der Waals surface area contributed by atoms with E-state index in [-0.39, 0.29) is 11.9 Å². The first kappa shape index (κ1) is 15.3. The van der Waals surface area contributed by atoms with Crippen LogP contribution in [0, 0.1) is 5.82 Å². The SMILES string of the molecule is COc1ccc(C(C)NCCCN2CCCC2)c(F)c1. The van der Waals surface area contributed by atoms with Crippen LogP contribution in [0.25, 0.3) is 0 Å². The quantitative estimate of drug-likeness (QED) is 0.777. The van der Waals surface area contributed by atoms with Crippen LogP contribution in [0.5, 0.6) is 5.75 Å². The minimum atomic E-state index is -0.205. The van der Waals surface area contributed by atoms with Gasteiger partial charge in [-0.15, -0.1) is 0 Å². The minimum absolute atomic E-state index is 0.0273. The van der Waals surface area contributed by atoms with Crippen molar-refractivity contribution in [3.63, 3.8) is 0 Å². The van der Waals surface area contributed by atoms with Crippen molar-refractivity contribution in [1.82, 2.24) is 10.2 Å². The Morgan fingerprint density at radius 1 is 1.35 bits per heavy atom. The van der Waals surface area contributed by atoms with Gasteiger partial charge in [0.2, 0.25) is 0 Å². The van der Waals surface area contributed by atoms with Gasteiger partial charge in [-0.25, -0.2) is 4.39 Å². The predicted molar refractivity (Wildman–Crippen MR) is 79.7 cm³/mol. The summed E-state index contributed by atoms with van der Waals surface area (Å²) in [6.45, 7) is 6.54. The molecule has 1 unspecified atom stereocenters.